The van der Waals surface area contributed by atoms with E-state index in [-0.39, 0.29) is 18.1 Å². The Balaban J connectivity index is 1.31. The van der Waals surface area contributed by atoms with E-state index in [4.69, 9.17) is 9.47 Å². The third-order valence-electron chi connectivity index (χ3n) is 6.64. The highest BCUT2D eigenvalue weighted by atomic mass is 32.2. The Bertz CT molecular complexity index is 1220. The van der Waals surface area contributed by atoms with Gasteiger partial charge in [-0.25, -0.2) is 4.79 Å². The van der Waals surface area contributed by atoms with Crippen LogP contribution in [0, 0.1) is 0 Å². The molecule has 1 saturated heterocycles. The molecule has 0 aliphatic carbocycles. The number of ether oxygens (including phenoxy) is 2. The molecular formula is C28H31N3O4S. The third-order valence-corrected chi connectivity index (χ3v) is 7.80. The zero-order valence-electron chi connectivity index (χ0n) is 20.9. The standard InChI is InChI=1S/C28H31N3O4S/c1-27(2,3)35-26(33)29-17-21(19-9-5-4-6-10-19)23-24(32)30-25(36-23)31-15-13-28(14-16-31)22-12-8-7-11-20(22)18-34-28/h4-12H,13-18H2,1-3H3,(H,29,33)/b23-21-. The fourth-order valence-electron chi connectivity index (χ4n) is 4.91. The maximum absolute atomic E-state index is 13.1. The zero-order valence-corrected chi connectivity index (χ0v) is 21.7. The average Bonchev–Trinajstić information content (AvgIpc) is 3.41. The average molecular weight is 506 g/mol. The van der Waals surface area contributed by atoms with Crippen LogP contribution in [0.15, 0.2) is 64.5 Å². The maximum Gasteiger partial charge on any atom is 0.407 e. The van der Waals surface area contributed by atoms with Gasteiger partial charge in [-0.1, -0.05) is 54.6 Å². The molecule has 36 heavy (non-hydrogen) atoms. The van der Waals surface area contributed by atoms with Crippen molar-refractivity contribution in [3.63, 3.8) is 0 Å². The van der Waals surface area contributed by atoms with Crippen molar-refractivity contribution in [2.45, 2.75) is 51.4 Å². The summed E-state index contributed by atoms with van der Waals surface area (Å²) >= 11 is 1.38. The molecule has 0 bridgehead atoms. The number of amidine groups is 1. The van der Waals surface area contributed by atoms with E-state index >= 15 is 0 Å². The van der Waals surface area contributed by atoms with Gasteiger partial charge in [-0.15, -0.1) is 0 Å². The second-order valence-corrected chi connectivity index (χ2v) is 11.2. The predicted molar refractivity (Wildman–Crippen MR) is 141 cm³/mol. The molecule has 2 amide bonds. The van der Waals surface area contributed by atoms with Gasteiger partial charge in [0.15, 0.2) is 5.17 Å². The van der Waals surface area contributed by atoms with E-state index in [1.165, 1.54) is 22.9 Å². The molecule has 3 heterocycles. The van der Waals surface area contributed by atoms with E-state index < -0.39 is 11.7 Å². The molecule has 0 saturated carbocycles. The lowest BCUT2D eigenvalue weighted by molar-refractivity contribution is -0.113. The van der Waals surface area contributed by atoms with Crippen LogP contribution in [0.5, 0.6) is 0 Å². The zero-order chi connectivity index (χ0) is 25.3. The van der Waals surface area contributed by atoms with Crippen LogP contribution in [0.25, 0.3) is 5.57 Å². The van der Waals surface area contributed by atoms with Crippen molar-refractivity contribution in [3.05, 3.63) is 76.2 Å². The molecule has 1 fully saturated rings. The molecule has 7 nitrogen and oxygen atoms in total. The Labute approximate surface area is 215 Å². The molecule has 188 valence electrons. The number of hydrogen-bond acceptors (Lipinski definition) is 6. The summed E-state index contributed by atoms with van der Waals surface area (Å²) in [7, 11) is 0. The fourth-order valence-corrected chi connectivity index (χ4v) is 5.98. The number of nitrogens with one attached hydrogen (secondary N) is 1. The molecule has 1 N–H and O–H groups in total. The van der Waals surface area contributed by atoms with Crippen LogP contribution in [-0.4, -0.2) is 47.3 Å². The molecule has 1 spiro atoms. The molecular weight excluding hydrogens is 474 g/mol. The Kier molecular flexibility index (Phi) is 6.66. The topological polar surface area (TPSA) is 80.2 Å². The Morgan fingerprint density at radius 2 is 1.81 bits per heavy atom. The Morgan fingerprint density at radius 1 is 1.11 bits per heavy atom. The van der Waals surface area contributed by atoms with E-state index in [9.17, 15) is 9.59 Å². The van der Waals surface area contributed by atoms with Crippen LogP contribution < -0.4 is 5.32 Å². The minimum absolute atomic E-state index is 0.170. The van der Waals surface area contributed by atoms with Gasteiger partial charge in [-0.3, -0.25) is 4.79 Å². The van der Waals surface area contributed by atoms with Gasteiger partial charge in [0.1, 0.15) is 5.60 Å². The maximum atomic E-state index is 13.1. The first-order valence-electron chi connectivity index (χ1n) is 12.3. The molecule has 5 rings (SSSR count). The first kappa shape index (κ1) is 24.6. The lowest BCUT2D eigenvalue weighted by atomic mass is 9.84. The Hall–Kier alpha value is -3.10. The summed E-state index contributed by atoms with van der Waals surface area (Å²) in [5.74, 6) is -0.275. The lowest BCUT2D eigenvalue weighted by Gasteiger charge is -2.39. The number of aliphatic imine (C=N–C) groups is 1. The Morgan fingerprint density at radius 3 is 2.53 bits per heavy atom. The first-order valence-corrected chi connectivity index (χ1v) is 13.1. The number of amides is 2. The summed E-state index contributed by atoms with van der Waals surface area (Å²) in [5.41, 5.74) is 3.32. The second-order valence-electron chi connectivity index (χ2n) is 10.3. The number of fused-ring (bicyclic) bond motifs is 2. The van der Waals surface area contributed by atoms with Crippen LogP contribution in [0.2, 0.25) is 0 Å². The monoisotopic (exact) mass is 505 g/mol. The van der Waals surface area contributed by atoms with E-state index in [0.29, 0.717) is 16.7 Å². The summed E-state index contributed by atoms with van der Waals surface area (Å²) in [6.45, 7) is 7.80. The molecule has 0 atom stereocenters. The number of rotatable bonds is 3. The fraction of sp³-hybridized carbons (Fsp3) is 0.393. The van der Waals surface area contributed by atoms with Crippen LogP contribution in [0.4, 0.5) is 4.79 Å². The number of benzene rings is 2. The smallest absolute Gasteiger partial charge is 0.407 e. The highest BCUT2D eigenvalue weighted by molar-refractivity contribution is 8.18. The van der Waals surface area contributed by atoms with Crippen molar-refractivity contribution in [1.29, 1.82) is 0 Å². The second kappa shape index (κ2) is 9.75. The minimum Gasteiger partial charge on any atom is -0.444 e. The van der Waals surface area contributed by atoms with Gasteiger partial charge in [0, 0.05) is 19.6 Å². The molecule has 0 radical (unpaired) electrons. The van der Waals surface area contributed by atoms with E-state index in [1.807, 2.05) is 51.1 Å². The predicted octanol–water partition coefficient (Wildman–Crippen LogP) is 5.07. The van der Waals surface area contributed by atoms with Gasteiger partial charge in [-0.05, 0) is 67.6 Å². The van der Waals surface area contributed by atoms with Gasteiger partial charge >= 0.3 is 6.09 Å². The normalized spacial score (nSPS) is 20.2. The van der Waals surface area contributed by atoms with Crippen molar-refractivity contribution < 1.29 is 19.1 Å². The largest absolute Gasteiger partial charge is 0.444 e. The van der Waals surface area contributed by atoms with Crippen molar-refractivity contribution in [1.82, 2.24) is 10.2 Å². The number of piperidine rings is 1. The van der Waals surface area contributed by atoms with E-state index in [0.717, 1.165) is 37.1 Å². The highest BCUT2D eigenvalue weighted by Gasteiger charge is 2.43. The lowest BCUT2D eigenvalue weighted by Crippen LogP contribution is -2.44. The molecule has 2 aromatic rings. The third kappa shape index (κ3) is 5.06. The molecule has 0 unspecified atom stereocenters. The van der Waals surface area contributed by atoms with Crippen LogP contribution >= 0.6 is 11.8 Å². The highest BCUT2D eigenvalue weighted by Crippen LogP contribution is 2.45. The minimum atomic E-state index is -0.604. The van der Waals surface area contributed by atoms with Crippen molar-refractivity contribution in [2.24, 2.45) is 4.99 Å². The molecule has 0 aromatic heterocycles. The number of carbonyl (C=O) groups is 2. The summed E-state index contributed by atoms with van der Waals surface area (Å²) in [6, 6.07) is 18.1. The molecule has 8 heteroatoms. The first-order chi connectivity index (χ1) is 17.2. The SMILES string of the molecule is CC(C)(C)OC(=O)NC/C(=C1/SC(N2CCC3(CC2)OCc2ccccc23)=NC1=O)c1ccccc1. The molecule has 3 aliphatic heterocycles. The summed E-state index contributed by atoms with van der Waals surface area (Å²) in [6.07, 6.45) is 1.18. The van der Waals surface area contributed by atoms with Gasteiger partial charge in [0.25, 0.3) is 5.91 Å². The number of thioether (sulfide) groups is 1. The number of nitrogens with zero attached hydrogens (tertiary/aromatic N) is 2. The van der Waals surface area contributed by atoms with E-state index in [1.54, 1.807) is 0 Å². The van der Waals surface area contributed by atoms with Crippen LogP contribution in [0.3, 0.4) is 0 Å². The van der Waals surface area contributed by atoms with Gasteiger partial charge in [-0.2, -0.15) is 4.99 Å². The van der Waals surface area contributed by atoms with Crippen LogP contribution in [-0.2, 0) is 26.5 Å². The number of likely N-dealkylation sites (tertiary alicyclic amines) is 1. The van der Waals surface area contributed by atoms with Gasteiger partial charge < -0.3 is 19.7 Å². The number of alkyl carbamates (subject to hydrolysis) is 1. The molecule has 2 aromatic carbocycles. The number of hydrogen-bond donors (Lipinski definition) is 1. The summed E-state index contributed by atoms with van der Waals surface area (Å²) in [5, 5.41) is 3.52. The van der Waals surface area contributed by atoms with Crippen molar-refractivity contribution >= 4 is 34.5 Å². The van der Waals surface area contributed by atoms with Gasteiger partial charge in [0.05, 0.1) is 17.1 Å². The summed E-state index contributed by atoms with van der Waals surface area (Å²) < 4.78 is 11.7. The van der Waals surface area contributed by atoms with Gasteiger partial charge in [0.2, 0.25) is 0 Å². The summed E-state index contributed by atoms with van der Waals surface area (Å²) in [4.78, 5) is 32.5. The van der Waals surface area contributed by atoms with Crippen molar-refractivity contribution in [3.8, 4) is 0 Å². The van der Waals surface area contributed by atoms with Crippen molar-refractivity contribution in [2.75, 3.05) is 19.6 Å². The van der Waals surface area contributed by atoms with E-state index in [2.05, 4.69) is 39.5 Å². The van der Waals surface area contributed by atoms with Crippen LogP contribution in [0.1, 0.15) is 50.3 Å². The number of carbonyl (C=O) groups excluding carboxylic acids is 2. The molecule has 3 aliphatic rings. The quantitative estimate of drug-likeness (QED) is 0.587.